The third-order valence-electron chi connectivity index (χ3n) is 3.52. The van der Waals surface area contributed by atoms with E-state index >= 15 is 0 Å². The standard InChI is InChI=1S/C17H18N4O2/c1-13(20-17(22)19-11-16-6-3-9-23-16)14-4-2-5-15(10-14)21-8-7-18-12-21/h2-10,12-13H,11H2,1H3,(H2,19,20,22). The number of aromatic nitrogens is 2. The van der Waals surface area contributed by atoms with Gasteiger partial charge in [-0.3, -0.25) is 0 Å². The zero-order valence-corrected chi connectivity index (χ0v) is 12.8. The molecule has 0 saturated carbocycles. The molecule has 6 nitrogen and oxygen atoms in total. The molecule has 0 aliphatic carbocycles. The fourth-order valence-corrected chi connectivity index (χ4v) is 2.28. The van der Waals surface area contributed by atoms with Crippen LogP contribution in [0.2, 0.25) is 0 Å². The predicted molar refractivity (Wildman–Crippen MR) is 86.1 cm³/mol. The maximum absolute atomic E-state index is 12.0. The van der Waals surface area contributed by atoms with Gasteiger partial charge in [0, 0.05) is 18.1 Å². The van der Waals surface area contributed by atoms with Gasteiger partial charge in [0.25, 0.3) is 0 Å². The van der Waals surface area contributed by atoms with E-state index in [2.05, 4.69) is 15.6 Å². The van der Waals surface area contributed by atoms with Gasteiger partial charge >= 0.3 is 6.03 Å². The molecule has 0 saturated heterocycles. The molecule has 3 rings (SSSR count). The summed E-state index contributed by atoms with van der Waals surface area (Å²) in [6, 6.07) is 11.2. The summed E-state index contributed by atoms with van der Waals surface area (Å²) in [5.74, 6) is 0.718. The minimum atomic E-state index is -0.234. The number of nitrogens with zero attached hydrogens (tertiary/aromatic N) is 2. The van der Waals surface area contributed by atoms with E-state index in [1.165, 1.54) is 0 Å². The summed E-state index contributed by atoms with van der Waals surface area (Å²) in [5, 5.41) is 5.68. The van der Waals surface area contributed by atoms with Crippen molar-refractivity contribution in [3.63, 3.8) is 0 Å². The second-order valence-electron chi connectivity index (χ2n) is 5.19. The molecule has 1 aromatic carbocycles. The number of furan rings is 1. The highest BCUT2D eigenvalue weighted by Gasteiger charge is 2.10. The number of hydrogen-bond donors (Lipinski definition) is 2. The van der Waals surface area contributed by atoms with Gasteiger partial charge in [-0.05, 0) is 36.8 Å². The summed E-state index contributed by atoms with van der Waals surface area (Å²) in [4.78, 5) is 16.0. The van der Waals surface area contributed by atoms with E-state index in [0.717, 1.165) is 17.0 Å². The van der Waals surface area contributed by atoms with Gasteiger partial charge in [0.15, 0.2) is 0 Å². The smallest absolute Gasteiger partial charge is 0.315 e. The summed E-state index contributed by atoms with van der Waals surface area (Å²) in [6.07, 6.45) is 6.94. The van der Waals surface area contributed by atoms with E-state index < -0.39 is 0 Å². The van der Waals surface area contributed by atoms with E-state index in [1.807, 2.05) is 48.0 Å². The maximum atomic E-state index is 12.0. The quantitative estimate of drug-likeness (QED) is 0.761. The first-order chi connectivity index (χ1) is 11.2. The molecule has 0 spiro atoms. The van der Waals surface area contributed by atoms with Crippen molar-refractivity contribution in [3.05, 3.63) is 72.7 Å². The van der Waals surface area contributed by atoms with E-state index in [-0.39, 0.29) is 12.1 Å². The van der Waals surface area contributed by atoms with Crippen molar-refractivity contribution in [2.45, 2.75) is 19.5 Å². The van der Waals surface area contributed by atoms with Gasteiger partial charge in [0.2, 0.25) is 0 Å². The minimum Gasteiger partial charge on any atom is -0.467 e. The van der Waals surface area contributed by atoms with Crippen LogP contribution < -0.4 is 10.6 Å². The van der Waals surface area contributed by atoms with Crippen molar-refractivity contribution in [1.82, 2.24) is 20.2 Å². The molecule has 23 heavy (non-hydrogen) atoms. The largest absolute Gasteiger partial charge is 0.467 e. The molecule has 0 aliphatic rings. The fourth-order valence-electron chi connectivity index (χ4n) is 2.28. The SMILES string of the molecule is CC(NC(=O)NCc1ccco1)c1cccc(-n2ccnc2)c1. The molecule has 118 valence electrons. The normalized spacial score (nSPS) is 11.9. The average molecular weight is 310 g/mol. The lowest BCUT2D eigenvalue weighted by atomic mass is 10.1. The van der Waals surface area contributed by atoms with Crippen molar-refractivity contribution >= 4 is 6.03 Å². The highest BCUT2D eigenvalue weighted by Crippen LogP contribution is 2.16. The maximum Gasteiger partial charge on any atom is 0.315 e. The van der Waals surface area contributed by atoms with Crippen molar-refractivity contribution in [2.75, 3.05) is 0 Å². The van der Waals surface area contributed by atoms with E-state index in [0.29, 0.717) is 6.54 Å². The summed E-state index contributed by atoms with van der Waals surface area (Å²) in [7, 11) is 0. The molecule has 6 heteroatoms. The Morgan fingerprint density at radius 1 is 1.35 bits per heavy atom. The number of hydrogen-bond acceptors (Lipinski definition) is 3. The zero-order valence-electron chi connectivity index (χ0n) is 12.8. The van der Waals surface area contributed by atoms with Gasteiger partial charge in [-0.2, -0.15) is 0 Å². The molecule has 2 aromatic heterocycles. The van der Waals surface area contributed by atoms with Crippen LogP contribution >= 0.6 is 0 Å². The number of rotatable bonds is 5. The van der Waals surface area contributed by atoms with Gasteiger partial charge in [0.05, 0.1) is 25.2 Å². The molecule has 1 unspecified atom stereocenters. The lowest BCUT2D eigenvalue weighted by molar-refractivity contribution is 0.236. The van der Waals surface area contributed by atoms with Crippen molar-refractivity contribution in [2.24, 2.45) is 0 Å². The van der Waals surface area contributed by atoms with Crippen LogP contribution in [-0.2, 0) is 6.54 Å². The van der Waals surface area contributed by atoms with Gasteiger partial charge < -0.3 is 19.6 Å². The third kappa shape index (κ3) is 3.79. The predicted octanol–water partition coefficient (Wildman–Crippen LogP) is 3.03. The third-order valence-corrected chi connectivity index (χ3v) is 3.52. The number of urea groups is 1. The number of nitrogens with one attached hydrogen (secondary N) is 2. The van der Waals surface area contributed by atoms with E-state index in [4.69, 9.17) is 4.42 Å². The molecule has 1 atom stereocenters. The molecule has 0 radical (unpaired) electrons. The van der Waals surface area contributed by atoms with Gasteiger partial charge in [-0.1, -0.05) is 12.1 Å². The molecule has 0 bridgehead atoms. The van der Waals surface area contributed by atoms with Crippen LogP contribution in [0.3, 0.4) is 0 Å². The first-order valence-electron chi connectivity index (χ1n) is 7.37. The Labute approximate surface area is 134 Å². The van der Waals surface area contributed by atoms with Crippen molar-refractivity contribution in [3.8, 4) is 5.69 Å². The van der Waals surface area contributed by atoms with Crippen molar-refractivity contribution in [1.29, 1.82) is 0 Å². The lowest BCUT2D eigenvalue weighted by Crippen LogP contribution is -2.36. The minimum absolute atomic E-state index is 0.116. The lowest BCUT2D eigenvalue weighted by Gasteiger charge is -2.16. The number of amides is 2. The summed E-state index contributed by atoms with van der Waals surface area (Å²) < 4.78 is 7.10. The monoisotopic (exact) mass is 310 g/mol. The van der Waals surface area contributed by atoms with E-state index in [9.17, 15) is 4.79 Å². The molecule has 2 heterocycles. The van der Waals surface area contributed by atoms with Crippen LogP contribution in [0.25, 0.3) is 5.69 Å². The van der Waals surface area contributed by atoms with Gasteiger partial charge in [-0.25, -0.2) is 9.78 Å². The summed E-state index contributed by atoms with van der Waals surface area (Å²) in [5.41, 5.74) is 2.02. The van der Waals surface area contributed by atoms with Crippen LogP contribution in [0, 0.1) is 0 Å². The fraction of sp³-hybridized carbons (Fsp3) is 0.176. The second-order valence-corrected chi connectivity index (χ2v) is 5.19. The van der Waals surface area contributed by atoms with Crippen LogP contribution in [0.4, 0.5) is 4.79 Å². The zero-order chi connectivity index (χ0) is 16.1. The Morgan fingerprint density at radius 2 is 2.26 bits per heavy atom. The van der Waals surface area contributed by atoms with Crippen LogP contribution in [0.15, 0.2) is 65.8 Å². The van der Waals surface area contributed by atoms with Crippen LogP contribution in [0.1, 0.15) is 24.3 Å². The highest BCUT2D eigenvalue weighted by atomic mass is 16.3. The van der Waals surface area contributed by atoms with Crippen LogP contribution in [0.5, 0.6) is 0 Å². The first kappa shape index (κ1) is 14.9. The number of carbonyl (C=O) groups excluding carboxylic acids is 1. The van der Waals surface area contributed by atoms with Crippen LogP contribution in [-0.4, -0.2) is 15.6 Å². The number of imidazole rings is 1. The van der Waals surface area contributed by atoms with E-state index in [1.54, 1.807) is 24.9 Å². The Morgan fingerprint density at radius 3 is 3.00 bits per heavy atom. The second kappa shape index (κ2) is 6.83. The molecule has 3 aromatic rings. The molecular weight excluding hydrogens is 292 g/mol. The number of carbonyl (C=O) groups is 1. The van der Waals surface area contributed by atoms with Crippen molar-refractivity contribution < 1.29 is 9.21 Å². The topological polar surface area (TPSA) is 72.1 Å². The molecule has 0 aliphatic heterocycles. The first-order valence-corrected chi connectivity index (χ1v) is 7.37. The Kier molecular flexibility index (Phi) is 4.42. The molecule has 2 amide bonds. The Bertz CT molecular complexity index is 751. The Balaban J connectivity index is 1.60. The Hall–Kier alpha value is -3.02. The molecule has 0 fully saturated rings. The highest BCUT2D eigenvalue weighted by molar-refractivity contribution is 5.74. The molecule has 2 N–H and O–H groups in total. The molecular formula is C17H18N4O2. The van der Waals surface area contributed by atoms with Gasteiger partial charge in [-0.15, -0.1) is 0 Å². The summed E-state index contributed by atoms with van der Waals surface area (Å²) in [6.45, 7) is 2.31. The van der Waals surface area contributed by atoms with Gasteiger partial charge in [0.1, 0.15) is 5.76 Å². The summed E-state index contributed by atoms with van der Waals surface area (Å²) >= 11 is 0. The number of benzene rings is 1. The average Bonchev–Trinajstić information content (AvgIpc) is 3.26.